The molecule has 1 saturated carbocycles. The van der Waals surface area contributed by atoms with Crippen LogP contribution in [0, 0.1) is 11.8 Å². The quantitative estimate of drug-likeness (QED) is 0.840. The molecule has 3 nitrogen and oxygen atoms in total. The molecule has 2 atom stereocenters. The Kier molecular flexibility index (Phi) is 5.96. The van der Waals surface area contributed by atoms with E-state index in [0.717, 1.165) is 17.1 Å². The first-order valence-electron chi connectivity index (χ1n) is 6.94. The van der Waals surface area contributed by atoms with Crippen molar-refractivity contribution in [3.05, 3.63) is 21.9 Å². The van der Waals surface area contributed by atoms with Crippen LogP contribution in [0.1, 0.15) is 41.4 Å². The Balaban J connectivity index is 1.95. The fourth-order valence-corrected chi connectivity index (χ4v) is 4.37. The van der Waals surface area contributed by atoms with Crippen molar-refractivity contribution in [2.45, 2.75) is 37.5 Å². The minimum Gasteiger partial charge on any atom is -0.348 e. The van der Waals surface area contributed by atoms with Crippen LogP contribution < -0.4 is 11.1 Å². The highest BCUT2D eigenvalue weighted by Crippen LogP contribution is 2.30. The highest BCUT2D eigenvalue weighted by atomic mass is 32.2. The maximum absolute atomic E-state index is 12.3. The van der Waals surface area contributed by atoms with Crippen LogP contribution >= 0.6 is 23.1 Å². The third kappa shape index (κ3) is 4.02. The Bertz CT molecular complexity index is 515. The van der Waals surface area contributed by atoms with E-state index < -0.39 is 0 Å². The number of hydrogen-bond acceptors (Lipinski definition) is 4. The second-order valence-electron chi connectivity index (χ2n) is 4.71. The number of rotatable bonds is 4. The highest BCUT2D eigenvalue weighted by molar-refractivity contribution is 7.99. The van der Waals surface area contributed by atoms with Gasteiger partial charge in [0.05, 0.1) is 17.0 Å². The summed E-state index contributed by atoms with van der Waals surface area (Å²) in [6, 6.07) is 2.16. The van der Waals surface area contributed by atoms with Gasteiger partial charge in [0.1, 0.15) is 0 Å². The molecule has 0 radical (unpaired) electrons. The van der Waals surface area contributed by atoms with E-state index in [1.807, 2.05) is 23.2 Å². The second-order valence-corrected chi connectivity index (χ2v) is 7.14. The van der Waals surface area contributed by atoms with E-state index in [1.165, 1.54) is 24.2 Å². The number of nitrogens with one attached hydrogen (secondary N) is 1. The lowest BCUT2D eigenvalue weighted by Gasteiger charge is -2.19. The van der Waals surface area contributed by atoms with Crippen LogP contribution in [0.2, 0.25) is 0 Å². The van der Waals surface area contributed by atoms with E-state index in [1.54, 1.807) is 0 Å². The van der Waals surface area contributed by atoms with Crippen molar-refractivity contribution in [3.63, 3.8) is 0 Å². The number of carbonyl (C=O) groups is 1. The van der Waals surface area contributed by atoms with Crippen molar-refractivity contribution in [1.82, 2.24) is 5.32 Å². The Morgan fingerprint density at radius 1 is 1.60 bits per heavy atom. The van der Waals surface area contributed by atoms with Gasteiger partial charge in [-0.3, -0.25) is 4.79 Å². The topological polar surface area (TPSA) is 55.1 Å². The average molecular weight is 308 g/mol. The zero-order chi connectivity index (χ0) is 14.4. The van der Waals surface area contributed by atoms with Crippen LogP contribution in [0.3, 0.4) is 0 Å². The molecule has 1 aromatic heterocycles. The monoisotopic (exact) mass is 308 g/mol. The Hall–Kier alpha value is -0.960. The molecule has 1 aromatic rings. The van der Waals surface area contributed by atoms with Gasteiger partial charge in [-0.25, -0.2) is 0 Å². The molecule has 2 unspecified atom stereocenters. The summed E-state index contributed by atoms with van der Waals surface area (Å²) in [6.45, 7) is 2.51. The summed E-state index contributed by atoms with van der Waals surface area (Å²) in [5.41, 5.74) is 6.06. The van der Waals surface area contributed by atoms with Gasteiger partial charge in [-0.05, 0) is 24.7 Å². The van der Waals surface area contributed by atoms with Gasteiger partial charge in [0, 0.05) is 16.7 Å². The van der Waals surface area contributed by atoms with E-state index in [0.29, 0.717) is 23.4 Å². The summed E-state index contributed by atoms with van der Waals surface area (Å²) < 4.78 is 0. The van der Waals surface area contributed by atoms with Gasteiger partial charge in [0.25, 0.3) is 5.91 Å². The molecule has 20 heavy (non-hydrogen) atoms. The summed E-state index contributed by atoms with van der Waals surface area (Å²) in [7, 11) is 0. The van der Waals surface area contributed by atoms with Gasteiger partial charge in [-0.15, -0.1) is 11.3 Å². The fourth-order valence-electron chi connectivity index (χ4n) is 2.42. The van der Waals surface area contributed by atoms with Gasteiger partial charge in [0.15, 0.2) is 0 Å². The zero-order valence-electron chi connectivity index (χ0n) is 11.6. The number of hydrogen-bond donors (Lipinski definition) is 2. The van der Waals surface area contributed by atoms with Crippen molar-refractivity contribution in [2.75, 3.05) is 12.3 Å². The van der Waals surface area contributed by atoms with Crippen molar-refractivity contribution < 1.29 is 4.79 Å². The number of amides is 1. The molecule has 1 aliphatic rings. The normalized spacial score (nSPS) is 21.3. The van der Waals surface area contributed by atoms with Crippen molar-refractivity contribution in [3.8, 4) is 11.8 Å². The molecule has 0 aromatic carbocycles. The summed E-state index contributed by atoms with van der Waals surface area (Å²) in [5, 5.41) is 5.61. The molecule has 1 amide bonds. The maximum atomic E-state index is 12.3. The number of nitrogens with two attached hydrogens (primary N) is 1. The van der Waals surface area contributed by atoms with Crippen LogP contribution in [-0.2, 0) is 0 Å². The van der Waals surface area contributed by atoms with Crippen LogP contribution in [0.15, 0.2) is 11.4 Å². The predicted octanol–water partition coefficient (Wildman–Crippen LogP) is 2.46. The number of carbonyl (C=O) groups excluding carboxylic acids is 1. The van der Waals surface area contributed by atoms with E-state index in [4.69, 9.17) is 5.73 Å². The SMILES string of the molecule is CCSC1CCCC1NC(=O)c1csc(C#CCN)c1. The molecule has 0 aliphatic heterocycles. The predicted molar refractivity (Wildman–Crippen MR) is 87.3 cm³/mol. The van der Waals surface area contributed by atoms with Crippen LogP contribution in [0.4, 0.5) is 0 Å². The zero-order valence-corrected chi connectivity index (χ0v) is 13.3. The van der Waals surface area contributed by atoms with Gasteiger partial charge >= 0.3 is 0 Å². The Labute approximate surface area is 128 Å². The smallest absolute Gasteiger partial charge is 0.252 e. The molecule has 0 saturated heterocycles. The summed E-state index contributed by atoms with van der Waals surface area (Å²) in [6.07, 6.45) is 3.51. The molecule has 1 fully saturated rings. The molecule has 3 N–H and O–H groups in total. The van der Waals surface area contributed by atoms with E-state index in [9.17, 15) is 4.79 Å². The van der Waals surface area contributed by atoms with E-state index in [-0.39, 0.29) is 5.91 Å². The Morgan fingerprint density at radius 3 is 3.20 bits per heavy atom. The van der Waals surface area contributed by atoms with Gasteiger partial charge < -0.3 is 11.1 Å². The maximum Gasteiger partial charge on any atom is 0.252 e. The van der Waals surface area contributed by atoms with Crippen molar-refractivity contribution in [1.29, 1.82) is 0 Å². The van der Waals surface area contributed by atoms with Crippen LogP contribution in [-0.4, -0.2) is 29.5 Å². The van der Waals surface area contributed by atoms with Crippen LogP contribution in [0.25, 0.3) is 0 Å². The third-order valence-electron chi connectivity index (χ3n) is 3.33. The fraction of sp³-hybridized carbons (Fsp3) is 0.533. The largest absolute Gasteiger partial charge is 0.348 e. The van der Waals surface area contributed by atoms with Crippen LogP contribution in [0.5, 0.6) is 0 Å². The average Bonchev–Trinajstić information content (AvgIpc) is 3.07. The minimum atomic E-state index is 0.0238. The second kappa shape index (κ2) is 7.72. The molecule has 5 heteroatoms. The molecule has 1 heterocycles. The lowest BCUT2D eigenvalue weighted by Crippen LogP contribution is -2.38. The van der Waals surface area contributed by atoms with Crippen molar-refractivity contribution >= 4 is 29.0 Å². The molecular formula is C15H20N2OS2. The van der Waals surface area contributed by atoms with E-state index >= 15 is 0 Å². The lowest BCUT2D eigenvalue weighted by atomic mass is 10.2. The molecule has 0 bridgehead atoms. The summed E-state index contributed by atoms with van der Waals surface area (Å²) >= 11 is 3.44. The van der Waals surface area contributed by atoms with Crippen molar-refractivity contribution in [2.24, 2.45) is 5.73 Å². The number of thiophene rings is 1. The summed E-state index contributed by atoms with van der Waals surface area (Å²) in [5.74, 6) is 6.90. The first-order chi connectivity index (χ1) is 9.74. The number of thioether (sulfide) groups is 1. The Morgan fingerprint density at radius 2 is 2.45 bits per heavy atom. The molecule has 2 rings (SSSR count). The standard InChI is InChI=1S/C15H20N2OS2/c1-2-19-14-7-3-6-13(14)17-15(18)11-9-12(20-10-11)5-4-8-16/h9-10,13-14H,2-3,6-8,16H2,1H3,(H,17,18). The molecule has 1 aliphatic carbocycles. The first-order valence-corrected chi connectivity index (χ1v) is 8.87. The van der Waals surface area contributed by atoms with E-state index in [2.05, 4.69) is 24.1 Å². The summed E-state index contributed by atoms with van der Waals surface area (Å²) in [4.78, 5) is 13.1. The highest BCUT2D eigenvalue weighted by Gasteiger charge is 2.28. The lowest BCUT2D eigenvalue weighted by molar-refractivity contribution is 0.0939. The molecular weight excluding hydrogens is 288 g/mol. The van der Waals surface area contributed by atoms with Gasteiger partial charge in [0.2, 0.25) is 0 Å². The molecule has 108 valence electrons. The van der Waals surface area contributed by atoms with Gasteiger partial charge in [-0.2, -0.15) is 11.8 Å². The molecule has 0 spiro atoms. The minimum absolute atomic E-state index is 0.0238. The first kappa shape index (κ1) is 15.4. The third-order valence-corrected chi connectivity index (χ3v) is 5.50. The van der Waals surface area contributed by atoms with Gasteiger partial charge in [-0.1, -0.05) is 25.2 Å².